The normalized spacial score (nSPS) is 11.0. The van der Waals surface area contributed by atoms with Gasteiger partial charge in [0.2, 0.25) is 0 Å². The zero-order valence-electron chi connectivity index (χ0n) is 14.7. The second kappa shape index (κ2) is 10.1. The molecule has 2 amide bonds. The summed E-state index contributed by atoms with van der Waals surface area (Å²) in [5.41, 5.74) is 0.208. The first-order chi connectivity index (χ1) is 11.8. The molecule has 7 nitrogen and oxygen atoms in total. The van der Waals surface area contributed by atoms with Gasteiger partial charge in [0.25, 0.3) is 0 Å². The van der Waals surface area contributed by atoms with Crippen molar-refractivity contribution in [2.45, 2.75) is 33.0 Å². The number of carbonyl (C=O) groups is 3. The van der Waals surface area contributed by atoms with E-state index in [9.17, 15) is 14.4 Å². The number of hydrogen-bond donors (Lipinski definition) is 1. The second-order valence-corrected chi connectivity index (χ2v) is 6.16. The van der Waals surface area contributed by atoms with Crippen LogP contribution in [-0.4, -0.2) is 42.2 Å². The molecule has 0 spiro atoms. The summed E-state index contributed by atoms with van der Waals surface area (Å²) in [5, 5.41) is 2.49. The fourth-order valence-corrected chi connectivity index (χ4v) is 1.73. The van der Waals surface area contributed by atoms with Gasteiger partial charge < -0.3 is 14.8 Å². The molecule has 0 heterocycles. The summed E-state index contributed by atoms with van der Waals surface area (Å²) in [6, 6.07) is 9.23. The Balaban J connectivity index is 2.58. The monoisotopic (exact) mass is 348 g/mol. The average Bonchev–Trinajstić information content (AvgIpc) is 2.55. The fraction of sp³-hybridized carbons (Fsp3) is 0.389. The lowest BCUT2D eigenvalue weighted by molar-refractivity contribution is -0.104. The quantitative estimate of drug-likeness (QED) is 0.465. The SMILES string of the molecule is CC(C)(C)OC(=O)NCN(C/C=C/C=O)C(=O)OCc1ccccc1. The Morgan fingerprint density at radius 2 is 1.88 bits per heavy atom. The van der Waals surface area contributed by atoms with Crippen molar-refractivity contribution >= 4 is 18.5 Å². The number of alkyl carbamates (subject to hydrolysis) is 1. The van der Waals surface area contributed by atoms with E-state index in [0.29, 0.717) is 6.29 Å². The number of amides is 2. The highest BCUT2D eigenvalue weighted by molar-refractivity contribution is 5.71. The van der Waals surface area contributed by atoms with Crippen molar-refractivity contribution in [2.75, 3.05) is 13.2 Å². The van der Waals surface area contributed by atoms with E-state index in [-0.39, 0.29) is 19.8 Å². The number of ether oxygens (including phenoxy) is 2. The van der Waals surface area contributed by atoms with Gasteiger partial charge in [0.1, 0.15) is 18.5 Å². The first kappa shape index (κ1) is 20.2. The van der Waals surface area contributed by atoms with E-state index in [1.54, 1.807) is 20.8 Å². The number of nitrogens with zero attached hydrogens (tertiary/aromatic N) is 1. The van der Waals surface area contributed by atoms with Crippen LogP contribution in [0.1, 0.15) is 26.3 Å². The molecule has 1 aromatic carbocycles. The minimum Gasteiger partial charge on any atom is -0.444 e. The van der Waals surface area contributed by atoms with Gasteiger partial charge in [-0.05, 0) is 32.4 Å². The van der Waals surface area contributed by atoms with Gasteiger partial charge in [-0.25, -0.2) is 9.59 Å². The molecule has 0 saturated carbocycles. The molecule has 7 heteroatoms. The lowest BCUT2D eigenvalue weighted by Gasteiger charge is -2.23. The van der Waals surface area contributed by atoms with Crippen LogP contribution >= 0.6 is 0 Å². The smallest absolute Gasteiger partial charge is 0.411 e. The summed E-state index contributed by atoms with van der Waals surface area (Å²) < 4.78 is 10.3. The van der Waals surface area contributed by atoms with Crippen LogP contribution in [0.15, 0.2) is 42.5 Å². The fourth-order valence-electron chi connectivity index (χ4n) is 1.73. The minimum absolute atomic E-state index is 0.105. The van der Waals surface area contributed by atoms with Gasteiger partial charge in [0, 0.05) is 6.54 Å². The third-order valence-corrected chi connectivity index (χ3v) is 2.82. The van der Waals surface area contributed by atoms with E-state index in [1.165, 1.54) is 17.1 Å². The standard InChI is InChI=1S/C18H24N2O5/c1-18(2,3)25-16(22)19-14-20(11-7-8-12-21)17(23)24-13-15-9-5-4-6-10-15/h4-10,12H,11,13-14H2,1-3H3,(H,19,22)/b8-7+. The third kappa shape index (κ3) is 9.14. The van der Waals surface area contributed by atoms with Crippen molar-refractivity contribution in [1.82, 2.24) is 10.2 Å². The largest absolute Gasteiger partial charge is 0.444 e. The van der Waals surface area contributed by atoms with Crippen molar-refractivity contribution in [1.29, 1.82) is 0 Å². The Hall–Kier alpha value is -2.83. The van der Waals surface area contributed by atoms with Gasteiger partial charge in [-0.15, -0.1) is 0 Å². The first-order valence-corrected chi connectivity index (χ1v) is 7.84. The van der Waals surface area contributed by atoms with Gasteiger partial charge in [0.15, 0.2) is 0 Å². The Morgan fingerprint density at radius 3 is 2.48 bits per heavy atom. The lowest BCUT2D eigenvalue weighted by Crippen LogP contribution is -2.43. The highest BCUT2D eigenvalue weighted by Crippen LogP contribution is 2.07. The van der Waals surface area contributed by atoms with Crippen molar-refractivity contribution in [2.24, 2.45) is 0 Å². The minimum atomic E-state index is -0.646. The van der Waals surface area contributed by atoms with Gasteiger partial charge in [-0.2, -0.15) is 0 Å². The van der Waals surface area contributed by atoms with E-state index in [1.807, 2.05) is 30.3 Å². The maximum absolute atomic E-state index is 12.2. The predicted octanol–water partition coefficient (Wildman–Crippen LogP) is 2.86. The number of allylic oxidation sites excluding steroid dienone is 1. The molecule has 0 aliphatic carbocycles. The molecule has 1 N–H and O–H groups in total. The Kier molecular flexibility index (Phi) is 8.18. The number of aldehydes is 1. The topological polar surface area (TPSA) is 84.9 Å². The average molecular weight is 348 g/mol. The Morgan fingerprint density at radius 1 is 1.20 bits per heavy atom. The summed E-state index contributed by atoms with van der Waals surface area (Å²) in [5.74, 6) is 0. The summed E-state index contributed by atoms with van der Waals surface area (Å²) in [6.07, 6.45) is 2.11. The molecule has 0 atom stereocenters. The molecule has 0 aromatic heterocycles. The molecule has 0 unspecified atom stereocenters. The molecule has 0 bridgehead atoms. The molecule has 0 fully saturated rings. The molecule has 0 saturated heterocycles. The van der Waals surface area contributed by atoms with E-state index < -0.39 is 17.8 Å². The van der Waals surface area contributed by atoms with Crippen LogP contribution in [-0.2, 0) is 20.9 Å². The van der Waals surface area contributed by atoms with E-state index in [0.717, 1.165) is 5.56 Å². The summed E-state index contributed by atoms with van der Waals surface area (Å²) >= 11 is 0. The van der Waals surface area contributed by atoms with Crippen molar-refractivity contribution < 1.29 is 23.9 Å². The number of hydrogen-bond acceptors (Lipinski definition) is 5. The van der Waals surface area contributed by atoms with Crippen LogP contribution in [0.5, 0.6) is 0 Å². The molecule has 1 rings (SSSR count). The molecule has 0 radical (unpaired) electrons. The number of rotatable bonds is 7. The van der Waals surface area contributed by atoms with Crippen LogP contribution in [0.3, 0.4) is 0 Å². The highest BCUT2D eigenvalue weighted by Gasteiger charge is 2.19. The van der Waals surface area contributed by atoms with Crippen molar-refractivity contribution in [3.05, 3.63) is 48.0 Å². The maximum Gasteiger partial charge on any atom is 0.411 e. The summed E-state index contributed by atoms with van der Waals surface area (Å²) in [4.78, 5) is 35.5. The van der Waals surface area contributed by atoms with E-state index >= 15 is 0 Å². The van der Waals surface area contributed by atoms with Gasteiger partial charge in [-0.3, -0.25) is 9.69 Å². The molecule has 25 heavy (non-hydrogen) atoms. The van der Waals surface area contributed by atoms with Gasteiger partial charge in [-0.1, -0.05) is 36.4 Å². The summed E-state index contributed by atoms with van der Waals surface area (Å²) in [6.45, 7) is 5.34. The lowest BCUT2D eigenvalue weighted by atomic mass is 10.2. The molecule has 0 aliphatic rings. The third-order valence-electron chi connectivity index (χ3n) is 2.82. The van der Waals surface area contributed by atoms with E-state index in [4.69, 9.17) is 9.47 Å². The Labute approximate surface area is 147 Å². The predicted molar refractivity (Wildman–Crippen MR) is 92.8 cm³/mol. The van der Waals surface area contributed by atoms with Crippen LogP contribution in [0.2, 0.25) is 0 Å². The number of nitrogens with one attached hydrogen (secondary N) is 1. The second-order valence-electron chi connectivity index (χ2n) is 6.16. The zero-order chi connectivity index (χ0) is 18.7. The molecule has 136 valence electrons. The van der Waals surface area contributed by atoms with Gasteiger partial charge in [0.05, 0.1) is 6.67 Å². The molecule has 0 aliphatic heterocycles. The zero-order valence-corrected chi connectivity index (χ0v) is 14.7. The first-order valence-electron chi connectivity index (χ1n) is 7.84. The number of benzene rings is 1. The molecule has 1 aromatic rings. The van der Waals surface area contributed by atoms with Crippen molar-refractivity contribution in [3.63, 3.8) is 0 Å². The van der Waals surface area contributed by atoms with Gasteiger partial charge >= 0.3 is 12.2 Å². The summed E-state index contributed by atoms with van der Waals surface area (Å²) in [7, 11) is 0. The number of carbonyl (C=O) groups excluding carboxylic acids is 3. The van der Waals surface area contributed by atoms with Crippen molar-refractivity contribution in [3.8, 4) is 0 Å². The van der Waals surface area contributed by atoms with Crippen LogP contribution in [0, 0.1) is 0 Å². The molecular weight excluding hydrogens is 324 g/mol. The maximum atomic E-state index is 12.2. The van der Waals surface area contributed by atoms with Crippen LogP contribution in [0.4, 0.5) is 9.59 Å². The molecular formula is C18H24N2O5. The highest BCUT2D eigenvalue weighted by atomic mass is 16.6. The van der Waals surface area contributed by atoms with Crippen LogP contribution < -0.4 is 5.32 Å². The van der Waals surface area contributed by atoms with E-state index in [2.05, 4.69) is 5.32 Å². The van der Waals surface area contributed by atoms with Crippen LogP contribution in [0.25, 0.3) is 0 Å². The Bertz CT molecular complexity index is 593.